The molecule has 0 spiro atoms. The summed E-state index contributed by atoms with van der Waals surface area (Å²) in [6, 6.07) is 9.46. The Morgan fingerprint density at radius 3 is 2.88 bits per heavy atom. The van der Waals surface area contributed by atoms with Crippen LogP contribution in [0.15, 0.2) is 35.1 Å². The number of benzene rings is 1. The van der Waals surface area contributed by atoms with Crippen LogP contribution >= 0.6 is 11.3 Å². The minimum Gasteiger partial charge on any atom is -0.390 e. The molecule has 0 saturated heterocycles. The van der Waals surface area contributed by atoms with Gasteiger partial charge in [0.25, 0.3) is 0 Å². The Labute approximate surface area is 102 Å². The van der Waals surface area contributed by atoms with Gasteiger partial charge in [0.15, 0.2) is 5.43 Å². The molecule has 1 aromatic carbocycles. The number of aliphatic hydroxyl groups excluding tert-OH is 1. The minimum absolute atomic E-state index is 0.0108. The third kappa shape index (κ3) is 1.41. The zero-order chi connectivity index (χ0) is 12.0. The predicted octanol–water partition coefficient (Wildman–Crippen LogP) is 2.25. The fraction of sp³-hybridized carbons (Fsp3) is 0.154. The number of aryl methyl sites for hydroxylation is 1. The maximum absolute atomic E-state index is 12.0. The van der Waals surface area contributed by atoms with Crippen molar-refractivity contribution < 1.29 is 5.11 Å². The predicted molar refractivity (Wildman–Crippen MR) is 70.5 cm³/mol. The lowest BCUT2D eigenvalue weighted by molar-refractivity contribution is 0.272. The van der Waals surface area contributed by atoms with Crippen LogP contribution in [0.5, 0.6) is 0 Å². The number of thiophene rings is 1. The van der Waals surface area contributed by atoms with Gasteiger partial charge in [0.1, 0.15) is 0 Å². The molecular weight excluding hydrogens is 234 g/mol. The molecule has 2 aromatic heterocycles. The molecule has 0 saturated carbocycles. The van der Waals surface area contributed by atoms with Crippen molar-refractivity contribution in [1.82, 2.24) is 4.57 Å². The molecule has 0 aliphatic carbocycles. The van der Waals surface area contributed by atoms with Gasteiger partial charge in [-0.3, -0.25) is 4.79 Å². The van der Waals surface area contributed by atoms with Gasteiger partial charge in [-0.15, -0.1) is 11.3 Å². The Morgan fingerprint density at radius 1 is 1.35 bits per heavy atom. The first-order chi connectivity index (χ1) is 8.22. The maximum atomic E-state index is 12.0. The molecule has 0 bridgehead atoms. The van der Waals surface area contributed by atoms with Crippen molar-refractivity contribution in [3.8, 4) is 0 Å². The van der Waals surface area contributed by atoms with E-state index in [0.717, 1.165) is 20.3 Å². The van der Waals surface area contributed by atoms with Gasteiger partial charge in [-0.2, -0.15) is 0 Å². The Bertz CT molecular complexity index is 770. The maximum Gasteiger partial charge on any atom is 0.199 e. The van der Waals surface area contributed by atoms with E-state index in [9.17, 15) is 9.90 Å². The first-order valence-electron chi connectivity index (χ1n) is 5.33. The molecule has 0 atom stereocenters. The monoisotopic (exact) mass is 245 g/mol. The van der Waals surface area contributed by atoms with Gasteiger partial charge in [0.05, 0.1) is 16.8 Å². The van der Waals surface area contributed by atoms with E-state index in [2.05, 4.69) is 0 Å². The molecule has 4 heteroatoms. The van der Waals surface area contributed by atoms with Crippen molar-refractivity contribution in [3.05, 3.63) is 46.2 Å². The van der Waals surface area contributed by atoms with Crippen LogP contribution in [0.25, 0.3) is 20.3 Å². The summed E-state index contributed by atoms with van der Waals surface area (Å²) >= 11 is 1.51. The number of nitrogens with zero attached hydrogens (tertiary/aromatic N) is 1. The van der Waals surface area contributed by atoms with Gasteiger partial charge in [-0.25, -0.2) is 0 Å². The summed E-state index contributed by atoms with van der Waals surface area (Å²) in [5.41, 5.74) is 1.55. The van der Waals surface area contributed by atoms with E-state index in [1.54, 1.807) is 0 Å². The standard InChI is InChI=1S/C13H11NO2S/c1-14-8(7-15)6-10(16)13-12(14)9-4-2-3-5-11(9)17-13/h2-6,15H,7H2,1H3. The average Bonchev–Trinajstić information content (AvgIpc) is 2.73. The number of pyridine rings is 1. The number of aliphatic hydroxyl groups is 1. The van der Waals surface area contributed by atoms with Crippen LogP contribution in [0, 0.1) is 0 Å². The van der Waals surface area contributed by atoms with Crippen LogP contribution in [-0.2, 0) is 13.7 Å². The highest BCUT2D eigenvalue weighted by atomic mass is 32.1. The third-order valence-corrected chi connectivity index (χ3v) is 4.19. The molecule has 3 nitrogen and oxygen atoms in total. The first-order valence-corrected chi connectivity index (χ1v) is 6.15. The lowest BCUT2D eigenvalue weighted by atomic mass is 10.2. The van der Waals surface area contributed by atoms with Gasteiger partial charge in [0, 0.05) is 28.9 Å². The van der Waals surface area contributed by atoms with Crippen molar-refractivity contribution in [3.63, 3.8) is 0 Å². The third-order valence-electron chi connectivity index (χ3n) is 3.02. The number of hydrogen-bond donors (Lipinski definition) is 1. The molecule has 3 rings (SSSR count). The van der Waals surface area contributed by atoms with Gasteiger partial charge in [-0.05, 0) is 6.07 Å². The summed E-state index contributed by atoms with van der Waals surface area (Å²) in [6.07, 6.45) is 0. The number of aromatic nitrogens is 1. The lowest BCUT2D eigenvalue weighted by Crippen LogP contribution is -2.09. The van der Waals surface area contributed by atoms with E-state index in [0.29, 0.717) is 5.69 Å². The van der Waals surface area contributed by atoms with Gasteiger partial charge in [0.2, 0.25) is 0 Å². The van der Waals surface area contributed by atoms with Crippen LogP contribution in [0.4, 0.5) is 0 Å². The number of fused-ring (bicyclic) bond motifs is 3. The van der Waals surface area contributed by atoms with Crippen LogP contribution in [0.3, 0.4) is 0 Å². The van der Waals surface area contributed by atoms with E-state index >= 15 is 0 Å². The Kier molecular flexibility index (Phi) is 2.28. The normalized spacial score (nSPS) is 11.4. The van der Waals surface area contributed by atoms with Crippen molar-refractivity contribution in [1.29, 1.82) is 0 Å². The van der Waals surface area contributed by atoms with E-state index in [1.165, 1.54) is 17.4 Å². The van der Waals surface area contributed by atoms with Crippen molar-refractivity contribution in [2.75, 3.05) is 0 Å². The molecule has 86 valence electrons. The van der Waals surface area contributed by atoms with E-state index < -0.39 is 0 Å². The van der Waals surface area contributed by atoms with Crippen LogP contribution in [0.2, 0.25) is 0 Å². The summed E-state index contributed by atoms with van der Waals surface area (Å²) in [7, 11) is 1.88. The molecule has 0 aliphatic heterocycles. The second-order valence-corrected chi connectivity index (χ2v) is 5.05. The molecule has 0 unspecified atom stereocenters. The smallest absolute Gasteiger partial charge is 0.199 e. The highest BCUT2D eigenvalue weighted by molar-refractivity contribution is 7.25. The second kappa shape index (κ2) is 3.68. The summed E-state index contributed by atoms with van der Waals surface area (Å²) in [5.74, 6) is 0. The zero-order valence-electron chi connectivity index (χ0n) is 9.30. The van der Waals surface area contributed by atoms with Gasteiger partial charge < -0.3 is 9.67 Å². The van der Waals surface area contributed by atoms with Crippen molar-refractivity contribution in [2.45, 2.75) is 6.61 Å². The minimum atomic E-state index is -0.119. The molecule has 0 aliphatic rings. The molecule has 1 N–H and O–H groups in total. The summed E-state index contributed by atoms with van der Waals surface area (Å²) in [4.78, 5) is 12.0. The average molecular weight is 245 g/mol. The second-order valence-electron chi connectivity index (χ2n) is 3.99. The molecule has 0 amide bonds. The first kappa shape index (κ1) is 10.5. The van der Waals surface area contributed by atoms with Crippen molar-refractivity contribution >= 4 is 31.6 Å². The van der Waals surface area contributed by atoms with Crippen LogP contribution in [-0.4, -0.2) is 9.67 Å². The quantitative estimate of drug-likeness (QED) is 0.714. The molecule has 3 aromatic rings. The topological polar surface area (TPSA) is 42.2 Å². The van der Waals surface area contributed by atoms with Crippen LogP contribution < -0.4 is 5.43 Å². The SMILES string of the molecule is Cn1c(CO)cc(=O)c2sc3ccccc3c21. The molecule has 0 radical (unpaired) electrons. The number of hydrogen-bond acceptors (Lipinski definition) is 3. The van der Waals surface area contributed by atoms with Crippen molar-refractivity contribution in [2.24, 2.45) is 7.05 Å². The molecule has 17 heavy (non-hydrogen) atoms. The van der Waals surface area contributed by atoms with Gasteiger partial charge in [-0.1, -0.05) is 18.2 Å². The zero-order valence-corrected chi connectivity index (χ0v) is 10.1. The largest absolute Gasteiger partial charge is 0.390 e. The number of rotatable bonds is 1. The van der Waals surface area contributed by atoms with Crippen LogP contribution in [0.1, 0.15) is 5.69 Å². The summed E-state index contributed by atoms with van der Waals surface area (Å²) in [6.45, 7) is -0.119. The van der Waals surface area contributed by atoms with E-state index in [-0.39, 0.29) is 12.0 Å². The molecular formula is C13H11NO2S. The Hall–Kier alpha value is -1.65. The fourth-order valence-electron chi connectivity index (χ4n) is 2.14. The molecule has 0 fully saturated rings. The highest BCUT2D eigenvalue weighted by Crippen LogP contribution is 2.31. The molecule has 2 heterocycles. The Morgan fingerprint density at radius 2 is 2.12 bits per heavy atom. The van der Waals surface area contributed by atoms with Gasteiger partial charge >= 0.3 is 0 Å². The highest BCUT2D eigenvalue weighted by Gasteiger charge is 2.11. The Balaban J connectivity index is 2.63. The summed E-state index contributed by atoms with van der Waals surface area (Å²) in [5, 5.41) is 10.3. The summed E-state index contributed by atoms with van der Waals surface area (Å²) < 4.78 is 3.76. The van der Waals surface area contributed by atoms with E-state index in [1.807, 2.05) is 35.9 Å². The van der Waals surface area contributed by atoms with E-state index in [4.69, 9.17) is 0 Å². The fourth-order valence-corrected chi connectivity index (χ4v) is 3.29. The lowest BCUT2D eigenvalue weighted by Gasteiger charge is -2.07.